The molecule has 1 N–H and O–H groups in total. The van der Waals surface area contributed by atoms with E-state index in [4.69, 9.17) is 0 Å². The van der Waals surface area contributed by atoms with E-state index in [1.807, 2.05) is 17.7 Å². The van der Waals surface area contributed by atoms with E-state index >= 15 is 0 Å². The summed E-state index contributed by atoms with van der Waals surface area (Å²) < 4.78 is 4.04. The molecule has 108 valence electrons. The van der Waals surface area contributed by atoms with Crippen molar-refractivity contribution in [3.8, 4) is 0 Å². The molecular formula is C13H18BrN5O. The summed E-state index contributed by atoms with van der Waals surface area (Å²) in [7, 11) is 0. The highest BCUT2D eigenvalue weighted by molar-refractivity contribution is 9.10. The van der Waals surface area contributed by atoms with Crippen LogP contribution in [0.3, 0.4) is 0 Å². The minimum atomic E-state index is -0.0912. The van der Waals surface area contributed by atoms with E-state index in [9.17, 15) is 4.79 Å². The molecule has 0 spiro atoms. The molecule has 0 atom stereocenters. The van der Waals surface area contributed by atoms with Crippen LogP contribution in [-0.2, 0) is 13.1 Å². The maximum atomic E-state index is 12.0. The standard InChI is InChI=1S/C13H18BrN5O/c1-2-6-19-13(20)12(14)11(9-17-19)16-4-3-7-18-8-5-15-10-18/h5,8-10,16H,2-4,6-7H2,1H3. The van der Waals surface area contributed by atoms with Crippen LogP contribution in [0.4, 0.5) is 5.69 Å². The lowest BCUT2D eigenvalue weighted by Gasteiger charge is -2.10. The van der Waals surface area contributed by atoms with E-state index in [1.54, 1.807) is 18.7 Å². The molecule has 2 aromatic heterocycles. The molecule has 0 saturated carbocycles. The summed E-state index contributed by atoms with van der Waals surface area (Å²) in [6.07, 6.45) is 9.02. The van der Waals surface area contributed by atoms with Crippen LogP contribution in [0.2, 0.25) is 0 Å². The molecule has 0 unspecified atom stereocenters. The van der Waals surface area contributed by atoms with Gasteiger partial charge >= 0.3 is 0 Å². The first-order chi connectivity index (χ1) is 9.72. The summed E-state index contributed by atoms with van der Waals surface area (Å²) in [5.74, 6) is 0. The van der Waals surface area contributed by atoms with Gasteiger partial charge in [0.05, 0.1) is 18.2 Å². The number of aryl methyl sites for hydroxylation is 2. The summed E-state index contributed by atoms with van der Waals surface area (Å²) in [6.45, 7) is 4.32. The molecule has 2 heterocycles. The molecule has 0 fully saturated rings. The van der Waals surface area contributed by atoms with Crippen LogP contribution in [0.25, 0.3) is 0 Å². The lowest BCUT2D eigenvalue weighted by molar-refractivity contribution is 0.565. The van der Waals surface area contributed by atoms with Gasteiger partial charge in [-0.3, -0.25) is 4.79 Å². The Morgan fingerprint density at radius 3 is 2.95 bits per heavy atom. The van der Waals surface area contributed by atoms with Crippen molar-refractivity contribution >= 4 is 21.6 Å². The van der Waals surface area contributed by atoms with Crippen molar-refractivity contribution in [1.82, 2.24) is 19.3 Å². The van der Waals surface area contributed by atoms with Crippen LogP contribution in [0, 0.1) is 0 Å². The lowest BCUT2D eigenvalue weighted by Crippen LogP contribution is -2.24. The van der Waals surface area contributed by atoms with Gasteiger partial charge in [-0.15, -0.1) is 0 Å². The van der Waals surface area contributed by atoms with E-state index in [1.165, 1.54) is 4.68 Å². The summed E-state index contributed by atoms with van der Waals surface area (Å²) in [5, 5.41) is 7.38. The Kier molecular flexibility index (Phi) is 5.34. The quantitative estimate of drug-likeness (QED) is 0.784. The number of anilines is 1. The largest absolute Gasteiger partial charge is 0.383 e. The lowest BCUT2D eigenvalue weighted by atomic mass is 10.4. The van der Waals surface area contributed by atoms with Crippen LogP contribution in [-0.4, -0.2) is 25.9 Å². The van der Waals surface area contributed by atoms with Gasteiger partial charge in [-0.25, -0.2) is 9.67 Å². The van der Waals surface area contributed by atoms with E-state index in [0.29, 0.717) is 11.0 Å². The number of rotatable bonds is 7. The number of nitrogens with zero attached hydrogens (tertiary/aromatic N) is 4. The van der Waals surface area contributed by atoms with Crippen molar-refractivity contribution < 1.29 is 0 Å². The van der Waals surface area contributed by atoms with Crippen LogP contribution < -0.4 is 10.9 Å². The Balaban J connectivity index is 1.89. The topological polar surface area (TPSA) is 64.7 Å². The third-order valence-corrected chi connectivity index (χ3v) is 3.65. The molecule has 0 aliphatic rings. The molecule has 0 amide bonds. The highest BCUT2D eigenvalue weighted by Gasteiger charge is 2.07. The Morgan fingerprint density at radius 2 is 2.25 bits per heavy atom. The predicted molar refractivity (Wildman–Crippen MR) is 81.8 cm³/mol. The third-order valence-electron chi connectivity index (χ3n) is 2.89. The van der Waals surface area contributed by atoms with Gasteiger partial charge in [0, 0.05) is 32.0 Å². The first-order valence-electron chi connectivity index (χ1n) is 6.67. The monoisotopic (exact) mass is 339 g/mol. The zero-order valence-electron chi connectivity index (χ0n) is 11.4. The van der Waals surface area contributed by atoms with Gasteiger partial charge in [-0.1, -0.05) is 6.92 Å². The Bertz CT molecular complexity index is 593. The zero-order chi connectivity index (χ0) is 14.4. The summed E-state index contributed by atoms with van der Waals surface area (Å²) in [4.78, 5) is 16.0. The molecule has 0 aliphatic carbocycles. The highest BCUT2D eigenvalue weighted by atomic mass is 79.9. The van der Waals surface area contributed by atoms with Gasteiger partial charge in [-0.05, 0) is 28.8 Å². The number of hydrogen-bond acceptors (Lipinski definition) is 4. The summed E-state index contributed by atoms with van der Waals surface area (Å²) in [6, 6.07) is 0. The first kappa shape index (κ1) is 14.8. The van der Waals surface area contributed by atoms with Gasteiger partial charge in [0.25, 0.3) is 5.56 Å². The number of imidazole rings is 1. The Morgan fingerprint density at radius 1 is 1.40 bits per heavy atom. The SMILES string of the molecule is CCCn1ncc(NCCCn2ccnc2)c(Br)c1=O. The van der Waals surface area contributed by atoms with Crippen molar-refractivity contribution in [2.45, 2.75) is 32.9 Å². The zero-order valence-corrected chi connectivity index (χ0v) is 13.0. The van der Waals surface area contributed by atoms with Crippen LogP contribution >= 0.6 is 15.9 Å². The smallest absolute Gasteiger partial charge is 0.283 e. The predicted octanol–water partition coefficient (Wildman–Crippen LogP) is 2.11. The molecule has 0 saturated heterocycles. The maximum absolute atomic E-state index is 12.0. The molecule has 2 rings (SSSR count). The second kappa shape index (κ2) is 7.23. The van der Waals surface area contributed by atoms with Crippen molar-refractivity contribution in [1.29, 1.82) is 0 Å². The van der Waals surface area contributed by atoms with E-state index in [2.05, 4.69) is 31.3 Å². The molecule has 7 heteroatoms. The van der Waals surface area contributed by atoms with Crippen LogP contribution in [0.15, 0.2) is 34.2 Å². The number of nitrogens with one attached hydrogen (secondary N) is 1. The molecule has 2 aromatic rings. The van der Waals surface area contributed by atoms with Crippen molar-refractivity contribution in [2.24, 2.45) is 0 Å². The van der Waals surface area contributed by atoms with Gasteiger partial charge in [0.1, 0.15) is 4.47 Å². The fourth-order valence-corrected chi connectivity index (χ4v) is 2.31. The van der Waals surface area contributed by atoms with Crippen LogP contribution in [0.5, 0.6) is 0 Å². The third kappa shape index (κ3) is 3.69. The summed E-state index contributed by atoms with van der Waals surface area (Å²) >= 11 is 3.34. The van der Waals surface area contributed by atoms with E-state index < -0.39 is 0 Å². The fourth-order valence-electron chi connectivity index (χ4n) is 1.86. The van der Waals surface area contributed by atoms with Crippen molar-refractivity contribution in [3.05, 3.63) is 39.7 Å². The number of hydrogen-bond donors (Lipinski definition) is 1. The van der Waals surface area contributed by atoms with Gasteiger partial charge in [0.15, 0.2) is 0 Å². The second-order valence-electron chi connectivity index (χ2n) is 4.48. The highest BCUT2D eigenvalue weighted by Crippen LogP contribution is 2.16. The fraction of sp³-hybridized carbons (Fsp3) is 0.462. The van der Waals surface area contributed by atoms with Crippen molar-refractivity contribution in [3.63, 3.8) is 0 Å². The average Bonchev–Trinajstić information content (AvgIpc) is 2.95. The number of halogens is 1. The molecule has 0 aliphatic heterocycles. The van der Waals surface area contributed by atoms with Crippen LogP contribution in [0.1, 0.15) is 19.8 Å². The van der Waals surface area contributed by atoms with E-state index in [0.717, 1.165) is 31.6 Å². The Hall–Kier alpha value is -1.63. The van der Waals surface area contributed by atoms with Crippen molar-refractivity contribution in [2.75, 3.05) is 11.9 Å². The van der Waals surface area contributed by atoms with Gasteiger partial charge in [-0.2, -0.15) is 5.10 Å². The molecule has 0 bridgehead atoms. The van der Waals surface area contributed by atoms with E-state index in [-0.39, 0.29) is 5.56 Å². The Labute approximate surface area is 126 Å². The normalized spacial score (nSPS) is 10.7. The first-order valence-corrected chi connectivity index (χ1v) is 7.47. The maximum Gasteiger partial charge on any atom is 0.283 e. The molecular weight excluding hydrogens is 322 g/mol. The average molecular weight is 340 g/mol. The molecule has 20 heavy (non-hydrogen) atoms. The van der Waals surface area contributed by atoms with Gasteiger partial charge < -0.3 is 9.88 Å². The summed E-state index contributed by atoms with van der Waals surface area (Å²) in [5.41, 5.74) is 0.652. The minimum Gasteiger partial charge on any atom is -0.383 e. The number of aromatic nitrogens is 4. The molecule has 6 nitrogen and oxygen atoms in total. The molecule has 0 radical (unpaired) electrons. The molecule has 0 aromatic carbocycles. The second-order valence-corrected chi connectivity index (χ2v) is 5.27. The minimum absolute atomic E-state index is 0.0912. The van der Waals surface area contributed by atoms with Gasteiger partial charge in [0.2, 0.25) is 0 Å².